The lowest BCUT2D eigenvalue weighted by Gasteiger charge is -2.07. The molecule has 116 valence electrons. The summed E-state index contributed by atoms with van der Waals surface area (Å²) in [7, 11) is 1.30. The van der Waals surface area contributed by atoms with E-state index >= 15 is 0 Å². The first kappa shape index (κ1) is 16.0. The molecule has 2 aromatic rings. The van der Waals surface area contributed by atoms with E-state index in [0.29, 0.717) is 21.5 Å². The summed E-state index contributed by atoms with van der Waals surface area (Å²) in [6.45, 7) is 6.19. The normalized spacial score (nSPS) is 11.5. The lowest BCUT2D eigenvalue weighted by atomic mass is 10.2. The van der Waals surface area contributed by atoms with Crippen molar-refractivity contribution in [2.45, 2.75) is 13.5 Å². The molecule has 0 aliphatic heterocycles. The van der Waals surface area contributed by atoms with E-state index in [-0.39, 0.29) is 12.2 Å². The first-order valence-corrected chi connectivity index (χ1v) is 7.57. The van der Waals surface area contributed by atoms with Gasteiger partial charge < -0.3 is 9.47 Å². The van der Waals surface area contributed by atoms with Gasteiger partial charge in [0.2, 0.25) is 0 Å². The van der Waals surface area contributed by atoms with E-state index in [1.807, 2.05) is 19.1 Å². The van der Waals surface area contributed by atoms with Gasteiger partial charge in [-0.3, -0.25) is 9.36 Å². The van der Waals surface area contributed by atoms with Crippen molar-refractivity contribution in [1.82, 2.24) is 4.57 Å². The Bertz CT molecular complexity index is 835. The van der Waals surface area contributed by atoms with Gasteiger partial charge in [0, 0.05) is 12.1 Å². The molecule has 1 heterocycles. The van der Waals surface area contributed by atoms with Gasteiger partial charge in [-0.25, -0.2) is 4.79 Å². The van der Waals surface area contributed by atoms with Gasteiger partial charge in [-0.15, -0.1) is 11.3 Å². The third-order valence-corrected chi connectivity index (χ3v) is 4.05. The third kappa shape index (κ3) is 3.46. The van der Waals surface area contributed by atoms with Gasteiger partial charge in [0.05, 0.1) is 16.3 Å². The van der Waals surface area contributed by atoms with Gasteiger partial charge in [-0.2, -0.15) is 0 Å². The summed E-state index contributed by atoms with van der Waals surface area (Å²) >= 11 is 1.33. The Balaban J connectivity index is 2.42. The minimum absolute atomic E-state index is 0.0692. The van der Waals surface area contributed by atoms with Crippen molar-refractivity contribution in [3.8, 4) is 5.75 Å². The molecule has 0 N–H and O–H groups in total. The van der Waals surface area contributed by atoms with Crippen molar-refractivity contribution in [3.63, 3.8) is 0 Å². The second-order valence-electron chi connectivity index (χ2n) is 4.46. The predicted molar refractivity (Wildman–Crippen MR) is 86.5 cm³/mol. The number of aromatic nitrogens is 1. The van der Waals surface area contributed by atoms with Crippen LogP contribution in [0.25, 0.3) is 12.7 Å². The van der Waals surface area contributed by atoms with Gasteiger partial charge in [-0.05, 0) is 19.1 Å². The van der Waals surface area contributed by atoms with Crippen molar-refractivity contribution in [2.24, 2.45) is 0 Å². The number of carbonyl (C=O) groups is 1. The highest BCUT2D eigenvalue weighted by Crippen LogP contribution is 2.18. The average Bonchev–Trinajstić information content (AvgIpc) is 2.79. The number of rotatable bonds is 5. The lowest BCUT2D eigenvalue weighted by molar-refractivity contribution is -0.142. The van der Waals surface area contributed by atoms with E-state index in [1.165, 1.54) is 18.4 Å². The van der Waals surface area contributed by atoms with Crippen LogP contribution in [0.4, 0.5) is 0 Å². The van der Waals surface area contributed by atoms with Crippen LogP contribution in [0.5, 0.6) is 5.75 Å². The quantitative estimate of drug-likeness (QED) is 0.762. The third-order valence-electron chi connectivity index (χ3n) is 3.08. The Hall–Kier alpha value is -2.34. The van der Waals surface area contributed by atoms with Gasteiger partial charge in [0.25, 0.3) is 5.56 Å². The number of hydrogen-bond donors (Lipinski definition) is 0. The largest absolute Gasteiger partial charge is 0.481 e. The fourth-order valence-electron chi connectivity index (χ4n) is 1.95. The fraction of sp³-hybridized carbons (Fsp3) is 0.250. The molecule has 0 unspecified atom stereocenters. The predicted octanol–water partition coefficient (Wildman–Crippen LogP) is 0.721. The molecule has 22 heavy (non-hydrogen) atoms. The summed E-state index contributed by atoms with van der Waals surface area (Å²) in [4.78, 5) is 23.4. The summed E-state index contributed by atoms with van der Waals surface area (Å²) in [6, 6.07) is 7.21. The smallest absolute Gasteiger partial charge is 0.343 e. The zero-order valence-corrected chi connectivity index (χ0v) is 13.3. The minimum atomic E-state index is -0.459. The molecule has 0 fully saturated rings. The van der Waals surface area contributed by atoms with Gasteiger partial charge in [0.15, 0.2) is 6.61 Å². The molecule has 0 aliphatic rings. The standard InChI is InChI=1S/C16H17NO4S/c1-4-17-11(2)22-14(16(17)19)9-12-7-5-6-8-13(12)21-10-15(18)20-3/h5-9H,2,4,10H2,1,3H3. The van der Waals surface area contributed by atoms with Gasteiger partial charge in [0.1, 0.15) is 5.75 Å². The zero-order valence-electron chi connectivity index (χ0n) is 12.5. The number of ether oxygens (including phenoxy) is 2. The molecule has 5 nitrogen and oxygen atoms in total. The molecular weight excluding hydrogens is 302 g/mol. The molecule has 0 spiro atoms. The maximum atomic E-state index is 12.2. The van der Waals surface area contributed by atoms with Crippen LogP contribution in [-0.2, 0) is 16.1 Å². The summed E-state index contributed by atoms with van der Waals surface area (Å²) in [6.07, 6.45) is 1.75. The Kier molecular flexibility index (Phi) is 5.16. The van der Waals surface area contributed by atoms with Crippen LogP contribution < -0.4 is 19.5 Å². The number of esters is 1. The molecule has 2 rings (SSSR count). The van der Waals surface area contributed by atoms with Crippen molar-refractivity contribution in [2.75, 3.05) is 13.7 Å². The van der Waals surface area contributed by atoms with Crippen LogP contribution in [0.15, 0.2) is 29.1 Å². The highest BCUT2D eigenvalue weighted by Gasteiger charge is 2.06. The number of methoxy groups -OCH3 is 1. The lowest BCUT2D eigenvalue weighted by Crippen LogP contribution is -2.30. The molecule has 0 amide bonds. The Labute approximate surface area is 131 Å². The molecule has 0 saturated heterocycles. The van der Waals surface area contributed by atoms with Crippen molar-refractivity contribution in [3.05, 3.63) is 49.4 Å². The maximum Gasteiger partial charge on any atom is 0.343 e. The molecular formula is C16H17NO4S. The molecule has 0 atom stereocenters. The van der Waals surface area contributed by atoms with E-state index < -0.39 is 5.97 Å². The fourth-order valence-corrected chi connectivity index (χ4v) is 2.91. The highest BCUT2D eigenvalue weighted by molar-refractivity contribution is 7.07. The molecule has 1 aromatic heterocycles. The van der Waals surface area contributed by atoms with Gasteiger partial charge >= 0.3 is 5.97 Å². The summed E-state index contributed by atoms with van der Waals surface area (Å²) < 4.78 is 12.9. The van der Waals surface area contributed by atoms with Crippen molar-refractivity contribution >= 4 is 30.0 Å². The van der Waals surface area contributed by atoms with E-state index in [2.05, 4.69) is 11.3 Å². The summed E-state index contributed by atoms with van der Waals surface area (Å²) in [5, 5.41) is 0. The number of hydrogen-bond acceptors (Lipinski definition) is 5. The number of para-hydroxylation sites is 1. The average molecular weight is 319 g/mol. The monoisotopic (exact) mass is 319 g/mol. The Morgan fingerprint density at radius 1 is 1.41 bits per heavy atom. The van der Waals surface area contributed by atoms with Crippen molar-refractivity contribution in [1.29, 1.82) is 0 Å². The second kappa shape index (κ2) is 7.09. The van der Waals surface area contributed by atoms with Crippen LogP contribution in [0.1, 0.15) is 12.5 Å². The highest BCUT2D eigenvalue weighted by atomic mass is 32.1. The molecule has 0 saturated carbocycles. The van der Waals surface area contributed by atoms with E-state index in [4.69, 9.17) is 4.74 Å². The Morgan fingerprint density at radius 2 is 2.14 bits per heavy atom. The van der Waals surface area contributed by atoms with Crippen LogP contribution in [0.3, 0.4) is 0 Å². The SMILES string of the molecule is C=c1sc(=Cc2ccccc2OCC(=O)OC)c(=O)n1CC. The van der Waals surface area contributed by atoms with E-state index in [9.17, 15) is 9.59 Å². The van der Waals surface area contributed by atoms with Crippen LogP contribution in [-0.4, -0.2) is 24.3 Å². The van der Waals surface area contributed by atoms with Crippen LogP contribution in [0, 0.1) is 0 Å². The maximum absolute atomic E-state index is 12.2. The van der Waals surface area contributed by atoms with E-state index in [0.717, 1.165) is 5.56 Å². The van der Waals surface area contributed by atoms with E-state index in [1.54, 1.807) is 22.8 Å². The molecule has 0 aliphatic carbocycles. The number of nitrogens with zero attached hydrogens (tertiary/aromatic N) is 1. The Morgan fingerprint density at radius 3 is 2.77 bits per heavy atom. The summed E-state index contributed by atoms with van der Waals surface area (Å²) in [5.74, 6) is 0.0636. The number of benzene rings is 1. The van der Waals surface area contributed by atoms with Crippen LogP contribution in [0.2, 0.25) is 0 Å². The first-order chi connectivity index (χ1) is 10.6. The zero-order chi connectivity index (χ0) is 16.1. The minimum Gasteiger partial charge on any atom is -0.481 e. The van der Waals surface area contributed by atoms with Crippen LogP contribution >= 0.6 is 11.3 Å². The number of carbonyl (C=O) groups excluding carboxylic acids is 1. The number of thiazole rings is 1. The second-order valence-corrected chi connectivity index (χ2v) is 5.57. The first-order valence-electron chi connectivity index (χ1n) is 6.75. The molecule has 0 radical (unpaired) electrons. The molecule has 0 bridgehead atoms. The molecule has 6 heteroatoms. The van der Waals surface area contributed by atoms with Gasteiger partial charge in [-0.1, -0.05) is 24.8 Å². The topological polar surface area (TPSA) is 57.5 Å². The van der Waals surface area contributed by atoms with Crippen molar-refractivity contribution < 1.29 is 14.3 Å². The molecule has 1 aromatic carbocycles. The summed E-state index contributed by atoms with van der Waals surface area (Å²) in [5.41, 5.74) is 0.660.